The first-order chi connectivity index (χ1) is 12.3. The summed E-state index contributed by atoms with van der Waals surface area (Å²) in [4.78, 5) is 12.3. The quantitative estimate of drug-likeness (QED) is 0.793. The first-order valence-electron chi connectivity index (χ1n) is 9.19. The first-order valence-corrected chi connectivity index (χ1v) is 9.82. The van der Waals surface area contributed by atoms with E-state index in [-0.39, 0.29) is 0 Å². The van der Waals surface area contributed by atoms with Gasteiger partial charge in [0, 0.05) is 38.5 Å². The number of hydrogen-bond acceptors (Lipinski definition) is 6. The molecule has 6 nitrogen and oxygen atoms in total. The molecule has 0 saturated carbocycles. The summed E-state index contributed by atoms with van der Waals surface area (Å²) in [6.07, 6.45) is 1.15. The van der Waals surface area contributed by atoms with E-state index in [1.54, 1.807) is 0 Å². The zero-order chi connectivity index (χ0) is 17.1. The molecule has 0 N–H and O–H groups in total. The van der Waals surface area contributed by atoms with E-state index in [1.165, 1.54) is 5.52 Å². The number of fused-ring (bicyclic) bond motifs is 3. The Bertz CT molecular complexity index is 700. The van der Waals surface area contributed by atoms with Crippen molar-refractivity contribution in [2.24, 2.45) is 0 Å². The van der Waals surface area contributed by atoms with Crippen LogP contribution >= 0.6 is 12.6 Å². The van der Waals surface area contributed by atoms with Crippen LogP contribution in [0.15, 0.2) is 24.3 Å². The fourth-order valence-corrected chi connectivity index (χ4v) is 4.04. The van der Waals surface area contributed by atoms with Crippen molar-refractivity contribution in [2.75, 3.05) is 63.3 Å². The molecule has 0 atom stereocenters. The molecule has 136 valence electrons. The van der Waals surface area contributed by atoms with Gasteiger partial charge in [-0.1, -0.05) is 12.1 Å². The van der Waals surface area contributed by atoms with Gasteiger partial charge < -0.3 is 9.64 Å². The summed E-state index contributed by atoms with van der Waals surface area (Å²) in [6.45, 7) is 8.85. The smallest absolute Gasteiger partial charge is 0.208 e. The van der Waals surface area contributed by atoms with Gasteiger partial charge in [-0.3, -0.25) is 14.4 Å². The highest BCUT2D eigenvalue weighted by atomic mass is 32.1. The second kappa shape index (κ2) is 7.95. The van der Waals surface area contributed by atoms with E-state index in [0.717, 1.165) is 82.9 Å². The Morgan fingerprint density at radius 1 is 1.00 bits per heavy atom. The van der Waals surface area contributed by atoms with E-state index < -0.39 is 0 Å². The number of para-hydroxylation sites is 2. The molecule has 0 radical (unpaired) electrons. The maximum absolute atomic E-state index is 5.44. The Morgan fingerprint density at radius 2 is 1.84 bits per heavy atom. The Morgan fingerprint density at radius 3 is 2.68 bits per heavy atom. The summed E-state index contributed by atoms with van der Waals surface area (Å²) in [5.74, 6) is 1.99. The number of thiol groups is 1. The van der Waals surface area contributed by atoms with Crippen LogP contribution in [-0.2, 0) is 11.4 Å². The highest BCUT2D eigenvalue weighted by molar-refractivity contribution is 7.80. The molecule has 0 unspecified atom stereocenters. The second-order valence-electron chi connectivity index (χ2n) is 6.80. The highest BCUT2D eigenvalue weighted by Crippen LogP contribution is 2.26. The lowest BCUT2D eigenvalue weighted by atomic mass is 10.3. The minimum Gasteiger partial charge on any atom is -0.379 e. The predicted octanol–water partition coefficient (Wildman–Crippen LogP) is 1.73. The topological polar surface area (TPSA) is 36.8 Å². The van der Waals surface area contributed by atoms with E-state index in [2.05, 4.69) is 56.2 Å². The molecule has 0 spiro atoms. The van der Waals surface area contributed by atoms with Crippen molar-refractivity contribution in [3.63, 3.8) is 0 Å². The summed E-state index contributed by atoms with van der Waals surface area (Å²) < 4.78 is 7.78. The number of imidazole rings is 1. The number of aromatic nitrogens is 2. The van der Waals surface area contributed by atoms with Crippen molar-refractivity contribution in [3.05, 3.63) is 24.3 Å². The maximum Gasteiger partial charge on any atom is 0.208 e. The number of nitrogens with zero attached hydrogens (tertiary/aromatic N) is 5. The fourth-order valence-electron chi connectivity index (χ4n) is 3.76. The summed E-state index contributed by atoms with van der Waals surface area (Å²) in [5.41, 5.74) is 2.31. The molecular formula is C18H27N5OS. The van der Waals surface area contributed by atoms with Crippen LogP contribution < -0.4 is 4.90 Å². The lowest BCUT2D eigenvalue weighted by Crippen LogP contribution is -2.47. The van der Waals surface area contributed by atoms with Crippen LogP contribution in [-0.4, -0.2) is 77.7 Å². The van der Waals surface area contributed by atoms with Gasteiger partial charge in [0.2, 0.25) is 5.95 Å². The number of rotatable bonds is 6. The highest BCUT2D eigenvalue weighted by Gasteiger charge is 2.25. The number of hydrogen-bond donors (Lipinski definition) is 1. The molecule has 3 heterocycles. The third kappa shape index (κ3) is 3.79. The van der Waals surface area contributed by atoms with Gasteiger partial charge in [0.1, 0.15) is 0 Å². The van der Waals surface area contributed by atoms with Gasteiger partial charge in [0.05, 0.1) is 37.6 Å². The van der Waals surface area contributed by atoms with Crippen LogP contribution in [0.3, 0.4) is 0 Å². The SMILES string of the molecule is SCCN1CN(CCCN2CCOCC2)c2nc3ccccc3n2C1. The fraction of sp³-hybridized carbons (Fsp3) is 0.611. The molecule has 1 aromatic carbocycles. The van der Waals surface area contributed by atoms with Crippen LogP contribution in [0, 0.1) is 0 Å². The molecular weight excluding hydrogens is 334 g/mol. The van der Waals surface area contributed by atoms with Gasteiger partial charge in [-0.25, -0.2) is 4.98 Å². The third-order valence-corrected chi connectivity index (χ3v) is 5.25. The zero-order valence-corrected chi connectivity index (χ0v) is 15.6. The molecule has 1 saturated heterocycles. The van der Waals surface area contributed by atoms with Crippen LogP contribution in [0.25, 0.3) is 11.0 Å². The first kappa shape index (κ1) is 17.1. The van der Waals surface area contributed by atoms with Crippen molar-refractivity contribution in [3.8, 4) is 0 Å². The molecule has 7 heteroatoms. The van der Waals surface area contributed by atoms with Gasteiger partial charge in [-0.2, -0.15) is 12.6 Å². The Balaban J connectivity index is 1.48. The van der Waals surface area contributed by atoms with Crippen molar-refractivity contribution in [1.82, 2.24) is 19.4 Å². The maximum atomic E-state index is 5.44. The Kier molecular flexibility index (Phi) is 5.45. The molecule has 1 aromatic heterocycles. The molecule has 0 bridgehead atoms. The average molecular weight is 362 g/mol. The van der Waals surface area contributed by atoms with Gasteiger partial charge in [0.25, 0.3) is 0 Å². The molecule has 2 aliphatic rings. The van der Waals surface area contributed by atoms with Crippen LogP contribution in [0.1, 0.15) is 6.42 Å². The van der Waals surface area contributed by atoms with E-state index >= 15 is 0 Å². The van der Waals surface area contributed by atoms with E-state index in [1.807, 2.05) is 0 Å². The Hall–Kier alpha value is -1.28. The van der Waals surface area contributed by atoms with Crippen LogP contribution in [0.5, 0.6) is 0 Å². The number of benzene rings is 1. The summed E-state index contributed by atoms with van der Waals surface area (Å²) in [5, 5.41) is 0. The van der Waals surface area contributed by atoms with E-state index in [4.69, 9.17) is 9.72 Å². The zero-order valence-electron chi connectivity index (χ0n) is 14.7. The monoisotopic (exact) mass is 361 g/mol. The Labute approximate surface area is 154 Å². The largest absolute Gasteiger partial charge is 0.379 e. The molecule has 4 rings (SSSR count). The molecule has 1 fully saturated rings. The van der Waals surface area contributed by atoms with Gasteiger partial charge in [-0.05, 0) is 18.6 Å². The number of morpholine rings is 1. The lowest BCUT2D eigenvalue weighted by Gasteiger charge is -2.37. The second-order valence-corrected chi connectivity index (χ2v) is 7.25. The lowest BCUT2D eigenvalue weighted by molar-refractivity contribution is 0.0375. The van der Waals surface area contributed by atoms with Crippen molar-refractivity contribution in [2.45, 2.75) is 13.1 Å². The molecule has 2 aromatic rings. The normalized spacial score (nSPS) is 19.5. The number of anilines is 1. The van der Waals surface area contributed by atoms with Crippen LogP contribution in [0.2, 0.25) is 0 Å². The van der Waals surface area contributed by atoms with Crippen molar-refractivity contribution in [1.29, 1.82) is 0 Å². The molecule has 2 aliphatic heterocycles. The molecule has 0 aliphatic carbocycles. The summed E-state index contributed by atoms with van der Waals surface area (Å²) >= 11 is 4.43. The van der Waals surface area contributed by atoms with Crippen molar-refractivity contribution < 1.29 is 4.74 Å². The van der Waals surface area contributed by atoms with Gasteiger partial charge in [0.15, 0.2) is 0 Å². The summed E-state index contributed by atoms with van der Waals surface area (Å²) in [7, 11) is 0. The summed E-state index contributed by atoms with van der Waals surface area (Å²) in [6, 6.07) is 8.44. The molecule has 25 heavy (non-hydrogen) atoms. The van der Waals surface area contributed by atoms with Crippen molar-refractivity contribution >= 4 is 29.6 Å². The van der Waals surface area contributed by atoms with Crippen LogP contribution in [0.4, 0.5) is 5.95 Å². The average Bonchev–Trinajstić information content (AvgIpc) is 3.02. The number of ether oxygens (including phenoxy) is 1. The molecule has 0 amide bonds. The van der Waals surface area contributed by atoms with E-state index in [0.29, 0.717) is 0 Å². The third-order valence-electron chi connectivity index (χ3n) is 5.05. The van der Waals surface area contributed by atoms with E-state index in [9.17, 15) is 0 Å². The van der Waals surface area contributed by atoms with Gasteiger partial charge >= 0.3 is 0 Å². The minimum atomic E-state index is 0.870. The minimum absolute atomic E-state index is 0.870. The predicted molar refractivity (Wildman–Crippen MR) is 104 cm³/mol. The van der Waals surface area contributed by atoms with Gasteiger partial charge in [-0.15, -0.1) is 0 Å². The standard InChI is InChI=1S/C18H27N5OS/c25-13-10-21-14-22(7-3-6-20-8-11-24-12-9-20)18-19-16-4-1-2-5-17(16)23(18)15-21/h1-2,4-5,25H,3,6-15H2.